The van der Waals surface area contributed by atoms with E-state index in [1.807, 2.05) is 6.07 Å². The van der Waals surface area contributed by atoms with Gasteiger partial charge in [-0.2, -0.15) is 17.4 Å². The fraction of sp³-hybridized carbons (Fsp3) is 0.692. The zero-order valence-electron chi connectivity index (χ0n) is 12.1. The largest absolute Gasteiger partial charge is 0.317 e. The SMILES string of the molecule is CCNCC1CCCN(S(=O)(=O)NCc2ccc(Cl)s2)C1. The van der Waals surface area contributed by atoms with Gasteiger partial charge in [0, 0.05) is 24.5 Å². The molecule has 1 unspecified atom stereocenters. The number of halogens is 1. The van der Waals surface area contributed by atoms with Crippen molar-refractivity contribution in [2.45, 2.75) is 26.3 Å². The lowest BCUT2D eigenvalue weighted by atomic mass is 10.00. The van der Waals surface area contributed by atoms with Crippen molar-refractivity contribution in [3.8, 4) is 0 Å². The van der Waals surface area contributed by atoms with Crippen LogP contribution in [0.5, 0.6) is 0 Å². The van der Waals surface area contributed by atoms with E-state index in [0.29, 0.717) is 29.9 Å². The molecule has 5 nitrogen and oxygen atoms in total. The van der Waals surface area contributed by atoms with Crippen LogP contribution in [0.1, 0.15) is 24.6 Å². The van der Waals surface area contributed by atoms with Crippen molar-refractivity contribution in [3.63, 3.8) is 0 Å². The van der Waals surface area contributed by atoms with Gasteiger partial charge in [0.15, 0.2) is 0 Å². The summed E-state index contributed by atoms with van der Waals surface area (Å²) in [5.41, 5.74) is 0. The van der Waals surface area contributed by atoms with E-state index in [4.69, 9.17) is 11.6 Å². The maximum Gasteiger partial charge on any atom is 0.279 e. The van der Waals surface area contributed by atoms with Gasteiger partial charge in [0.1, 0.15) is 0 Å². The number of hydrogen-bond donors (Lipinski definition) is 2. The van der Waals surface area contributed by atoms with Crippen LogP contribution in [0.4, 0.5) is 0 Å². The summed E-state index contributed by atoms with van der Waals surface area (Å²) in [5.74, 6) is 0.395. The number of nitrogens with zero attached hydrogens (tertiary/aromatic N) is 1. The molecular formula is C13H22ClN3O2S2. The van der Waals surface area contributed by atoms with E-state index in [-0.39, 0.29) is 0 Å². The van der Waals surface area contributed by atoms with Gasteiger partial charge >= 0.3 is 0 Å². The molecule has 1 fully saturated rings. The van der Waals surface area contributed by atoms with E-state index in [1.165, 1.54) is 11.3 Å². The van der Waals surface area contributed by atoms with E-state index < -0.39 is 10.2 Å². The average Bonchev–Trinajstić information content (AvgIpc) is 2.89. The molecule has 8 heteroatoms. The van der Waals surface area contributed by atoms with E-state index in [0.717, 1.165) is 30.8 Å². The summed E-state index contributed by atoms with van der Waals surface area (Å²) in [6.07, 6.45) is 2.00. The van der Waals surface area contributed by atoms with Gasteiger partial charge in [-0.25, -0.2) is 0 Å². The molecule has 120 valence electrons. The first-order valence-corrected chi connectivity index (χ1v) is 9.84. The Kier molecular flexibility index (Phi) is 6.46. The Balaban J connectivity index is 1.89. The molecule has 0 bridgehead atoms. The van der Waals surface area contributed by atoms with Gasteiger partial charge in [0.2, 0.25) is 0 Å². The zero-order valence-corrected chi connectivity index (χ0v) is 14.5. The third-order valence-electron chi connectivity index (χ3n) is 3.56. The van der Waals surface area contributed by atoms with E-state index in [1.54, 1.807) is 10.4 Å². The van der Waals surface area contributed by atoms with Crippen molar-refractivity contribution in [2.24, 2.45) is 5.92 Å². The number of rotatable bonds is 7. The average molecular weight is 352 g/mol. The van der Waals surface area contributed by atoms with E-state index >= 15 is 0 Å². The first-order valence-electron chi connectivity index (χ1n) is 7.21. The topological polar surface area (TPSA) is 61.4 Å². The molecule has 0 saturated carbocycles. The smallest absolute Gasteiger partial charge is 0.279 e. The van der Waals surface area contributed by atoms with Crippen molar-refractivity contribution >= 4 is 33.1 Å². The Morgan fingerprint density at radius 3 is 2.95 bits per heavy atom. The molecule has 1 aliphatic rings. The summed E-state index contributed by atoms with van der Waals surface area (Å²) < 4.78 is 29.6. The Hall–Kier alpha value is -0.180. The number of nitrogens with one attached hydrogen (secondary N) is 2. The summed E-state index contributed by atoms with van der Waals surface area (Å²) in [4.78, 5) is 0.921. The molecule has 1 aliphatic heterocycles. The molecule has 0 amide bonds. The molecule has 2 heterocycles. The minimum absolute atomic E-state index is 0.300. The van der Waals surface area contributed by atoms with Crippen LogP contribution in [0.2, 0.25) is 4.34 Å². The van der Waals surface area contributed by atoms with Gasteiger partial charge < -0.3 is 5.32 Å². The highest BCUT2D eigenvalue weighted by molar-refractivity contribution is 7.87. The summed E-state index contributed by atoms with van der Waals surface area (Å²) >= 11 is 7.25. The normalized spacial score (nSPS) is 20.8. The highest BCUT2D eigenvalue weighted by Crippen LogP contribution is 2.22. The molecule has 0 aliphatic carbocycles. The van der Waals surface area contributed by atoms with Crippen LogP contribution in [-0.4, -0.2) is 38.9 Å². The van der Waals surface area contributed by atoms with Gasteiger partial charge in [-0.3, -0.25) is 0 Å². The monoisotopic (exact) mass is 351 g/mol. The molecule has 2 rings (SSSR count). The van der Waals surface area contributed by atoms with Crippen molar-refractivity contribution in [2.75, 3.05) is 26.2 Å². The fourth-order valence-corrected chi connectivity index (χ4v) is 4.88. The Morgan fingerprint density at radius 2 is 2.29 bits per heavy atom. The van der Waals surface area contributed by atoms with Gasteiger partial charge in [0.25, 0.3) is 10.2 Å². The molecule has 1 aromatic rings. The number of thiophene rings is 1. The van der Waals surface area contributed by atoms with E-state index in [9.17, 15) is 8.42 Å². The van der Waals surface area contributed by atoms with Crippen LogP contribution in [0, 0.1) is 5.92 Å². The molecule has 2 N–H and O–H groups in total. The maximum absolute atomic E-state index is 12.4. The molecule has 1 saturated heterocycles. The van der Waals surface area contributed by atoms with Crippen LogP contribution in [-0.2, 0) is 16.8 Å². The summed E-state index contributed by atoms with van der Waals surface area (Å²) in [6, 6.07) is 3.63. The predicted octanol–water partition coefficient (Wildman–Crippen LogP) is 2.06. The second kappa shape index (κ2) is 7.89. The minimum atomic E-state index is -3.41. The lowest BCUT2D eigenvalue weighted by Crippen LogP contribution is -2.47. The highest BCUT2D eigenvalue weighted by Gasteiger charge is 2.28. The molecule has 1 aromatic heterocycles. The fourth-order valence-electron chi connectivity index (χ4n) is 2.46. The first kappa shape index (κ1) is 17.2. The predicted molar refractivity (Wildman–Crippen MR) is 87.9 cm³/mol. The lowest BCUT2D eigenvalue weighted by Gasteiger charge is -2.31. The quantitative estimate of drug-likeness (QED) is 0.790. The van der Waals surface area contributed by atoms with Gasteiger partial charge in [0.05, 0.1) is 4.34 Å². The lowest BCUT2D eigenvalue weighted by molar-refractivity contribution is 0.258. The summed E-state index contributed by atoms with van der Waals surface area (Å²) in [5, 5.41) is 3.30. The van der Waals surface area contributed by atoms with Crippen LogP contribution in [0.15, 0.2) is 12.1 Å². The second-order valence-electron chi connectivity index (χ2n) is 5.21. The van der Waals surface area contributed by atoms with Gasteiger partial charge in [-0.15, -0.1) is 11.3 Å². The van der Waals surface area contributed by atoms with Crippen molar-refractivity contribution in [3.05, 3.63) is 21.3 Å². The van der Waals surface area contributed by atoms with E-state index in [2.05, 4.69) is 17.0 Å². The van der Waals surface area contributed by atoms with Crippen molar-refractivity contribution in [1.29, 1.82) is 0 Å². The third kappa shape index (κ3) is 5.19. The molecule has 0 radical (unpaired) electrons. The van der Waals surface area contributed by atoms with Gasteiger partial charge in [-0.05, 0) is 44.0 Å². The number of hydrogen-bond acceptors (Lipinski definition) is 4. The molecule has 0 aromatic carbocycles. The molecule has 21 heavy (non-hydrogen) atoms. The highest BCUT2D eigenvalue weighted by atomic mass is 35.5. The van der Waals surface area contributed by atoms with Crippen molar-refractivity contribution < 1.29 is 8.42 Å². The molecule has 1 atom stereocenters. The summed E-state index contributed by atoms with van der Waals surface area (Å²) in [6.45, 7) is 5.35. The van der Waals surface area contributed by atoms with Crippen LogP contribution in [0.25, 0.3) is 0 Å². The van der Waals surface area contributed by atoms with Crippen LogP contribution >= 0.6 is 22.9 Å². The first-order chi connectivity index (χ1) is 10.0. The second-order valence-corrected chi connectivity index (χ2v) is 8.76. The Morgan fingerprint density at radius 1 is 1.48 bits per heavy atom. The molecular weight excluding hydrogens is 330 g/mol. The van der Waals surface area contributed by atoms with Crippen LogP contribution < -0.4 is 10.0 Å². The third-order valence-corrected chi connectivity index (χ3v) is 6.31. The minimum Gasteiger partial charge on any atom is -0.317 e. The molecule has 0 spiro atoms. The zero-order chi connectivity index (χ0) is 15.3. The van der Waals surface area contributed by atoms with Gasteiger partial charge in [-0.1, -0.05) is 18.5 Å². The Bertz CT molecular complexity index is 547. The standard InChI is InChI=1S/C13H22ClN3O2S2/c1-2-15-8-11-4-3-7-17(10-11)21(18,19)16-9-12-5-6-13(14)20-12/h5-6,11,15-16H,2-4,7-10H2,1H3. The van der Waals surface area contributed by atoms with Crippen molar-refractivity contribution in [1.82, 2.24) is 14.3 Å². The summed E-state index contributed by atoms with van der Waals surface area (Å²) in [7, 11) is -3.41. The Labute approximate surface area is 135 Å². The maximum atomic E-state index is 12.4. The number of piperidine rings is 1. The van der Waals surface area contributed by atoms with Crippen LogP contribution in [0.3, 0.4) is 0 Å².